The molecule has 5 heteroatoms. The Morgan fingerprint density at radius 2 is 2.27 bits per heavy atom. The topological polar surface area (TPSA) is 80.0 Å². The van der Waals surface area contributed by atoms with E-state index in [0.717, 1.165) is 0 Å². The smallest absolute Gasteiger partial charge is 0.269 e. The molecule has 0 aliphatic heterocycles. The van der Waals surface area contributed by atoms with Gasteiger partial charge in [0.15, 0.2) is 0 Å². The van der Waals surface area contributed by atoms with Gasteiger partial charge in [0.05, 0.1) is 11.9 Å². The maximum atomic E-state index is 11.5. The van der Waals surface area contributed by atoms with Crippen LogP contribution in [0, 0.1) is 5.92 Å². The Kier molecular flexibility index (Phi) is 4.05. The lowest BCUT2D eigenvalue weighted by Gasteiger charge is -2.07. The standard InChI is InChI=1S/C10H16N4O/c1-7(2)5-13-10(15)9-4-3-8(14-11)6-12-9/h3-4,6-7,14H,5,11H2,1-2H3,(H,13,15). The first kappa shape index (κ1) is 11.5. The first-order valence-corrected chi connectivity index (χ1v) is 4.84. The lowest BCUT2D eigenvalue weighted by molar-refractivity contribution is 0.0944. The Balaban J connectivity index is 2.58. The molecule has 0 saturated heterocycles. The summed E-state index contributed by atoms with van der Waals surface area (Å²) in [6.45, 7) is 4.72. The number of nitrogens with two attached hydrogens (primary N) is 1. The van der Waals surface area contributed by atoms with Crippen molar-refractivity contribution in [2.45, 2.75) is 13.8 Å². The summed E-state index contributed by atoms with van der Waals surface area (Å²) in [5, 5.41) is 2.78. The highest BCUT2D eigenvalue weighted by Crippen LogP contribution is 2.03. The molecule has 5 nitrogen and oxygen atoms in total. The van der Waals surface area contributed by atoms with Crippen molar-refractivity contribution >= 4 is 11.6 Å². The lowest BCUT2D eigenvalue weighted by Crippen LogP contribution is -2.28. The summed E-state index contributed by atoms with van der Waals surface area (Å²) in [5.74, 6) is 5.45. The second-order valence-electron chi connectivity index (χ2n) is 3.68. The minimum atomic E-state index is -0.160. The molecule has 82 valence electrons. The van der Waals surface area contributed by atoms with E-state index in [9.17, 15) is 4.79 Å². The largest absolute Gasteiger partial charge is 0.350 e. The Morgan fingerprint density at radius 1 is 1.53 bits per heavy atom. The molecule has 0 saturated carbocycles. The van der Waals surface area contributed by atoms with Gasteiger partial charge in [-0.15, -0.1) is 0 Å². The van der Waals surface area contributed by atoms with Gasteiger partial charge in [-0.05, 0) is 18.1 Å². The predicted molar refractivity (Wildman–Crippen MR) is 59.2 cm³/mol. The lowest BCUT2D eigenvalue weighted by atomic mass is 10.2. The van der Waals surface area contributed by atoms with Gasteiger partial charge in [0.1, 0.15) is 5.69 Å². The number of carbonyl (C=O) groups excluding carboxylic acids is 1. The second-order valence-corrected chi connectivity index (χ2v) is 3.68. The van der Waals surface area contributed by atoms with Gasteiger partial charge >= 0.3 is 0 Å². The van der Waals surface area contributed by atoms with Crippen LogP contribution in [-0.4, -0.2) is 17.4 Å². The average molecular weight is 208 g/mol. The van der Waals surface area contributed by atoms with Gasteiger partial charge in [0.2, 0.25) is 0 Å². The number of hydrogen-bond donors (Lipinski definition) is 3. The Labute approximate surface area is 89.0 Å². The van der Waals surface area contributed by atoms with E-state index in [0.29, 0.717) is 23.8 Å². The number of amides is 1. The fraction of sp³-hybridized carbons (Fsp3) is 0.400. The normalized spacial score (nSPS) is 10.1. The zero-order valence-electron chi connectivity index (χ0n) is 8.95. The van der Waals surface area contributed by atoms with Gasteiger partial charge in [-0.3, -0.25) is 10.6 Å². The van der Waals surface area contributed by atoms with Gasteiger partial charge in [-0.25, -0.2) is 4.98 Å². The van der Waals surface area contributed by atoms with E-state index in [4.69, 9.17) is 5.84 Å². The SMILES string of the molecule is CC(C)CNC(=O)c1ccc(NN)cn1. The van der Waals surface area contributed by atoms with Crippen molar-refractivity contribution in [3.8, 4) is 0 Å². The number of hydrazine groups is 1. The number of nitrogens with one attached hydrogen (secondary N) is 2. The molecule has 4 N–H and O–H groups in total. The molecule has 1 aromatic rings. The van der Waals surface area contributed by atoms with Crippen LogP contribution in [0.1, 0.15) is 24.3 Å². The maximum Gasteiger partial charge on any atom is 0.269 e. The molecule has 0 aliphatic rings. The van der Waals surface area contributed by atoms with Crippen LogP contribution in [0.2, 0.25) is 0 Å². The predicted octanol–water partition coefficient (Wildman–Crippen LogP) is 0.753. The van der Waals surface area contributed by atoms with Crippen LogP contribution < -0.4 is 16.6 Å². The van der Waals surface area contributed by atoms with E-state index >= 15 is 0 Å². The van der Waals surface area contributed by atoms with Crippen LogP contribution in [0.25, 0.3) is 0 Å². The fourth-order valence-electron chi connectivity index (χ4n) is 1.00. The van der Waals surface area contributed by atoms with E-state index in [-0.39, 0.29) is 5.91 Å². The van der Waals surface area contributed by atoms with Gasteiger partial charge < -0.3 is 10.7 Å². The van der Waals surface area contributed by atoms with E-state index in [1.54, 1.807) is 12.1 Å². The molecule has 1 aromatic heterocycles. The third kappa shape index (κ3) is 3.55. The molecule has 0 spiro atoms. The molecule has 1 rings (SSSR count). The summed E-state index contributed by atoms with van der Waals surface area (Å²) in [6, 6.07) is 3.34. The van der Waals surface area contributed by atoms with Crippen LogP contribution >= 0.6 is 0 Å². The van der Waals surface area contributed by atoms with Crippen molar-refractivity contribution in [3.63, 3.8) is 0 Å². The highest BCUT2D eigenvalue weighted by atomic mass is 16.1. The maximum absolute atomic E-state index is 11.5. The van der Waals surface area contributed by atoms with Crippen molar-refractivity contribution < 1.29 is 4.79 Å². The highest BCUT2D eigenvalue weighted by Gasteiger charge is 2.06. The number of pyridine rings is 1. The third-order valence-electron chi connectivity index (χ3n) is 1.83. The van der Waals surface area contributed by atoms with E-state index in [1.807, 2.05) is 13.8 Å². The zero-order chi connectivity index (χ0) is 11.3. The molecule has 0 unspecified atom stereocenters. The summed E-state index contributed by atoms with van der Waals surface area (Å²) >= 11 is 0. The van der Waals surface area contributed by atoms with Gasteiger partial charge in [-0.1, -0.05) is 13.8 Å². The van der Waals surface area contributed by atoms with Crippen LogP contribution in [0.4, 0.5) is 5.69 Å². The first-order valence-electron chi connectivity index (χ1n) is 4.84. The zero-order valence-corrected chi connectivity index (χ0v) is 8.95. The number of aromatic nitrogens is 1. The van der Waals surface area contributed by atoms with Gasteiger partial charge in [0, 0.05) is 6.54 Å². The number of carbonyl (C=O) groups is 1. The number of rotatable bonds is 4. The monoisotopic (exact) mass is 208 g/mol. The minimum absolute atomic E-state index is 0.160. The molecule has 0 aliphatic carbocycles. The van der Waals surface area contributed by atoms with E-state index in [2.05, 4.69) is 15.7 Å². The minimum Gasteiger partial charge on any atom is -0.350 e. The van der Waals surface area contributed by atoms with Crippen LogP contribution in [-0.2, 0) is 0 Å². The molecule has 0 fully saturated rings. The molecule has 0 bridgehead atoms. The van der Waals surface area contributed by atoms with E-state index in [1.165, 1.54) is 6.20 Å². The molecular weight excluding hydrogens is 192 g/mol. The van der Waals surface area contributed by atoms with Crippen LogP contribution in [0.15, 0.2) is 18.3 Å². The molecular formula is C10H16N4O. The van der Waals surface area contributed by atoms with E-state index < -0.39 is 0 Å². The quantitative estimate of drug-likeness (QED) is 0.504. The molecule has 1 amide bonds. The Bertz CT molecular complexity index is 321. The number of anilines is 1. The average Bonchev–Trinajstić information content (AvgIpc) is 2.26. The molecule has 0 aromatic carbocycles. The van der Waals surface area contributed by atoms with Crippen molar-refractivity contribution in [3.05, 3.63) is 24.0 Å². The van der Waals surface area contributed by atoms with Crippen LogP contribution in [0.5, 0.6) is 0 Å². The molecule has 0 atom stereocenters. The summed E-state index contributed by atoms with van der Waals surface area (Å²) in [7, 11) is 0. The summed E-state index contributed by atoms with van der Waals surface area (Å²) < 4.78 is 0. The van der Waals surface area contributed by atoms with Crippen molar-refractivity contribution in [2.24, 2.45) is 11.8 Å². The van der Waals surface area contributed by atoms with Gasteiger partial charge in [-0.2, -0.15) is 0 Å². The first-order chi connectivity index (χ1) is 7.13. The third-order valence-corrected chi connectivity index (χ3v) is 1.83. The summed E-state index contributed by atoms with van der Waals surface area (Å²) in [4.78, 5) is 15.5. The van der Waals surface area contributed by atoms with Crippen molar-refractivity contribution in [2.75, 3.05) is 12.0 Å². The second kappa shape index (κ2) is 5.31. The molecule has 15 heavy (non-hydrogen) atoms. The van der Waals surface area contributed by atoms with Crippen LogP contribution in [0.3, 0.4) is 0 Å². The van der Waals surface area contributed by atoms with Crippen molar-refractivity contribution in [1.82, 2.24) is 10.3 Å². The molecule has 1 heterocycles. The summed E-state index contributed by atoms with van der Waals surface area (Å²) in [5.41, 5.74) is 3.52. The number of nitrogens with zero attached hydrogens (tertiary/aromatic N) is 1. The number of nitrogen functional groups attached to an aromatic ring is 1. The number of hydrogen-bond acceptors (Lipinski definition) is 4. The summed E-state index contributed by atoms with van der Waals surface area (Å²) in [6.07, 6.45) is 1.52. The Morgan fingerprint density at radius 3 is 2.73 bits per heavy atom. The molecule has 0 radical (unpaired) electrons. The highest BCUT2D eigenvalue weighted by molar-refractivity contribution is 5.92. The van der Waals surface area contributed by atoms with Gasteiger partial charge in [0.25, 0.3) is 5.91 Å². The fourth-order valence-corrected chi connectivity index (χ4v) is 1.00. The Hall–Kier alpha value is -1.62. The van der Waals surface area contributed by atoms with Crippen molar-refractivity contribution in [1.29, 1.82) is 0 Å².